The van der Waals surface area contributed by atoms with Crippen molar-refractivity contribution in [1.29, 1.82) is 0 Å². The molecule has 34 heavy (non-hydrogen) atoms. The number of esters is 1. The standard InChI is InChI=1S/C23H25Cl2N3O4S2/c1-32-23(31)17(11-16-12-34-13-26-16)27-22(30)15-7-9-28(10-8-15)19(29)6-4-14-3-5-18(33-2)21(25)20(14)24/h3-6,12-13,15,17H,7-11H2,1-2H3,(H,27,30). The minimum atomic E-state index is -0.795. The van der Waals surface area contributed by atoms with E-state index in [1.54, 1.807) is 16.5 Å². The number of thiazole rings is 1. The summed E-state index contributed by atoms with van der Waals surface area (Å²) in [7, 11) is 1.29. The van der Waals surface area contributed by atoms with Gasteiger partial charge in [-0.2, -0.15) is 0 Å². The fraction of sp³-hybridized carbons (Fsp3) is 0.391. The third kappa shape index (κ3) is 6.75. The number of amides is 2. The van der Waals surface area contributed by atoms with E-state index in [1.165, 1.54) is 36.3 Å². The Kier molecular flexibility index (Phi) is 9.82. The molecular formula is C23H25Cl2N3O4S2. The molecule has 1 atom stereocenters. The number of piperidine rings is 1. The fourth-order valence-corrected chi connectivity index (χ4v) is 5.38. The molecule has 1 saturated heterocycles. The van der Waals surface area contributed by atoms with E-state index >= 15 is 0 Å². The zero-order valence-electron chi connectivity index (χ0n) is 18.8. The third-order valence-corrected chi connectivity index (χ3v) is 8.00. The average Bonchev–Trinajstić information content (AvgIpc) is 3.37. The molecule has 2 heterocycles. The van der Waals surface area contributed by atoms with Gasteiger partial charge < -0.3 is 15.0 Å². The predicted octanol–water partition coefficient (Wildman–Crippen LogP) is 4.32. The summed E-state index contributed by atoms with van der Waals surface area (Å²) in [5.74, 6) is -1.18. The molecular weight excluding hydrogens is 517 g/mol. The van der Waals surface area contributed by atoms with Gasteiger partial charge in [-0.3, -0.25) is 9.59 Å². The van der Waals surface area contributed by atoms with Crippen LogP contribution < -0.4 is 5.32 Å². The van der Waals surface area contributed by atoms with Crippen molar-refractivity contribution in [2.24, 2.45) is 5.92 Å². The minimum Gasteiger partial charge on any atom is -0.467 e. The lowest BCUT2D eigenvalue weighted by Gasteiger charge is -2.31. The van der Waals surface area contributed by atoms with E-state index in [9.17, 15) is 14.4 Å². The summed E-state index contributed by atoms with van der Waals surface area (Å²) in [6, 6.07) is 2.89. The number of rotatable bonds is 8. The number of hydrogen-bond donors (Lipinski definition) is 1. The summed E-state index contributed by atoms with van der Waals surface area (Å²) in [6.07, 6.45) is 6.32. The van der Waals surface area contributed by atoms with Crippen LogP contribution in [0.5, 0.6) is 0 Å². The van der Waals surface area contributed by atoms with Gasteiger partial charge in [0.15, 0.2) is 0 Å². The van der Waals surface area contributed by atoms with Gasteiger partial charge in [0.05, 0.1) is 28.4 Å². The maximum atomic E-state index is 12.8. The van der Waals surface area contributed by atoms with Crippen LogP contribution in [-0.2, 0) is 25.5 Å². The van der Waals surface area contributed by atoms with Gasteiger partial charge in [0, 0.05) is 41.8 Å². The number of nitrogens with one attached hydrogen (secondary N) is 1. The van der Waals surface area contributed by atoms with E-state index in [-0.39, 0.29) is 24.2 Å². The summed E-state index contributed by atoms with van der Waals surface area (Å²) in [5, 5.41) is 5.50. The molecule has 2 amide bonds. The van der Waals surface area contributed by atoms with E-state index in [0.717, 1.165) is 10.6 Å². The molecule has 3 rings (SSSR count). The van der Waals surface area contributed by atoms with Gasteiger partial charge in [-0.15, -0.1) is 23.1 Å². The molecule has 1 aliphatic heterocycles. The van der Waals surface area contributed by atoms with Crippen molar-refractivity contribution >= 4 is 70.2 Å². The highest BCUT2D eigenvalue weighted by molar-refractivity contribution is 7.98. The highest BCUT2D eigenvalue weighted by atomic mass is 35.5. The lowest BCUT2D eigenvalue weighted by atomic mass is 9.95. The van der Waals surface area contributed by atoms with Gasteiger partial charge in [0.2, 0.25) is 11.8 Å². The number of ether oxygens (including phenoxy) is 1. The van der Waals surface area contributed by atoms with E-state index in [2.05, 4.69) is 10.3 Å². The molecule has 1 aromatic carbocycles. The summed E-state index contributed by atoms with van der Waals surface area (Å²) in [5.41, 5.74) is 3.06. The van der Waals surface area contributed by atoms with Crippen LogP contribution in [0.15, 0.2) is 34.0 Å². The first-order chi connectivity index (χ1) is 16.3. The SMILES string of the molecule is COC(=O)C(Cc1cscn1)NC(=O)C1CCN(C(=O)C=Cc2ccc(SC)c(Cl)c2Cl)CC1. The molecule has 1 aromatic heterocycles. The van der Waals surface area contributed by atoms with Crippen molar-refractivity contribution in [2.45, 2.75) is 30.2 Å². The van der Waals surface area contributed by atoms with Crippen LogP contribution in [0.25, 0.3) is 6.08 Å². The number of nitrogens with zero attached hydrogens (tertiary/aromatic N) is 2. The maximum absolute atomic E-state index is 12.8. The summed E-state index contributed by atoms with van der Waals surface area (Å²) in [4.78, 5) is 44.3. The Morgan fingerprint density at radius 1 is 1.29 bits per heavy atom. The molecule has 7 nitrogen and oxygen atoms in total. The number of benzene rings is 1. The molecule has 0 spiro atoms. The first-order valence-electron chi connectivity index (χ1n) is 10.6. The number of thioether (sulfide) groups is 1. The van der Waals surface area contributed by atoms with Gasteiger partial charge in [-0.1, -0.05) is 29.3 Å². The average molecular weight is 543 g/mol. The Morgan fingerprint density at radius 3 is 2.65 bits per heavy atom. The second kappa shape index (κ2) is 12.6. The minimum absolute atomic E-state index is 0.157. The van der Waals surface area contributed by atoms with Gasteiger partial charge in [0.25, 0.3) is 0 Å². The number of hydrogen-bond acceptors (Lipinski definition) is 7. The molecule has 1 unspecified atom stereocenters. The van der Waals surface area contributed by atoms with E-state index in [4.69, 9.17) is 27.9 Å². The van der Waals surface area contributed by atoms with Crippen LogP contribution in [0.1, 0.15) is 24.1 Å². The van der Waals surface area contributed by atoms with Crippen LogP contribution in [0, 0.1) is 5.92 Å². The Balaban J connectivity index is 1.54. The van der Waals surface area contributed by atoms with Crippen molar-refractivity contribution in [2.75, 3.05) is 26.5 Å². The smallest absolute Gasteiger partial charge is 0.328 e. The van der Waals surface area contributed by atoms with Crippen LogP contribution in [-0.4, -0.2) is 60.2 Å². The van der Waals surface area contributed by atoms with Crippen molar-refractivity contribution < 1.29 is 19.1 Å². The third-order valence-electron chi connectivity index (χ3n) is 5.58. The van der Waals surface area contributed by atoms with Gasteiger partial charge in [-0.25, -0.2) is 9.78 Å². The highest BCUT2D eigenvalue weighted by Crippen LogP contribution is 2.35. The number of halogens is 2. The summed E-state index contributed by atoms with van der Waals surface area (Å²) in [6.45, 7) is 0.881. The zero-order chi connectivity index (χ0) is 24.7. The largest absolute Gasteiger partial charge is 0.467 e. The summed E-state index contributed by atoms with van der Waals surface area (Å²) >= 11 is 15.5. The molecule has 0 bridgehead atoms. The Bertz CT molecular complexity index is 1050. The van der Waals surface area contributed by atoms with E-state index in [0.29, 0.717) is 41.5 Å². The topological polar surface area (TPSA) is 88.6 Å². The Morgan fingerprint density at radius 2 is 2.03 bits per heavy atom. The highest BCUT2D eigenvalue weighted by Gasteiger charge is 2.30. The van der Waals surface area contributed by atoms with Crippen molar-refractivity contribution in [3.05, 3.63) is 50.4 Å². The van der Waals surface area contributed by atoms with Crippen LogP contribution in [0.3, 0.4) is 0 Å². The first kappa shape index (κ1) is 26.5. The van der Waals surface area contributed by atoms with Gasteiger partial charge >= 0.3 is 5.97 Å². The maximum Gasteiger partial charge on any atom is 0.328 e. The number of methoxy groups -OCH3 is 1. The normalized spacial score (nSPS) is 15.4. The molecule has 0 saturated carbocycles. The van der Waals surface area contributed by atoms with Gasteiger partial charge in [-0.05, 0) is 36.8 Å². The zero-order valence-corrected chi connectivity index (χ0v) is 21.9. The van der Waals surface area contributed by atoms with Crippen molar-refractivity contribution in [3.8, 4) is 0 Å². The quantitative estimate of drug-likeness (QED) is 0.304. The fourth-order valence-electron chi connectivity index (χ4n) is 3.63. The lowest BCUT2D eigenvalue weighted by Crippen LogP contribution is -2.48. The predicted molar refractivity (Wildman–Crippen MR) is 136 cm³/mol. The van der Waals surface area contributed by atoms with Crippen LogP contribution >= 0.6 is 46.3 Å². The number of carbonyl (C=O) groups excluding carboxylic acids is 3. The number of aromatic nitrogens is 1. The van der Waals surface area contributed by atoms with Crippen molar-refractivity contribution in [3.63, 3.8) is 0 Å². The number of likely N-dealkylation sites (tertiary alicyclic amines) is 1. The van der Waals surface area contributed by atoms with Crippen molar-refractivity contribution in [1.82, 2.24) is 15.2 Å². The van der Waals surface area contributed by atoms with Crippen LogP contribution in [0.4, 0.5) is 0 Å². The molecule has 1 aliphatic rings. The van der Waals surface area contributed by atoms with Crippen LogP contribution in [0.2, 0.25) is 10.0 Å². The van der Waals surface area contributed by atoms with Gasteiger partial charge in [0.1, 0.15) is 6.04 Å². The molecule has 0 radical (unpaired) electrons. The monoisotopic (exact) mass is 541 g/mol. The first-order valence-corrected chi connectivity index (χ1v) is 13.5. The summed E-state index contributed by atoms with van der Waals surface area (Å²) < 4.78 is 4.83. The Labute approximate surface area is 216 Å². The molecule has 182 valence electrons. The lowest BCUT2D eigenvalue weighted by molar-refractivity contribution is -0.145. The number of carbonyl (C=O) groups is 3. The molecule has 1 N–H and O–H groups in total. The second-order valence-electron chi connectivity index (χ2n) is 7.69. The molecule has 11 heteroatoms. The molecule has 0 aliphatic carbocycles. The Hall–Kier alpha value is -2.07. The van der Waals surface area contributed by atoms with E-state index < -0.39 is 12.0 Å². The van der Waals surface area contributed by atoms with E-state index in [1.807, 2.05) is 23.8 Å². The molecule has 2 aromatic rings. The molecule has 1 fully saturated rings. The second-order valence-corrected chi connectivity index (χ2v) is 10.0.